The minimum atomic E-state index is -0.164. The lowest BCUT2D eigenvalue weighted by Crippen LogP contribution is -2.47. The van der Waals surface area contributed by atoms with Gasteiger partial charge in [0, 0.05) is 69.2 Å². The molecule has 2 aromatic heterocycles. The van der Waals surface area contributed by atoms with E-state index in [1.54, 1.807) is 24.8 Å². The molecule has 0 radical (unpaired) electrons. The van der Waals surface area contributed by atoms with Crippen molar-refractivity contribution < 1.29 is 9.53 Å². The number of hydrogen-bond acceptors (Lipinski definition) is 4. The molecule has 2 aliphatic rings. The van der Waals surface area contributed by atoms with Crippen LogP contribution in [0.2, 0.25) is 0 Å². The Morgan fingerprint density at radius 1 is 1.21 bits per heavy atom. The quantitative estimate of drug-likeness (QED) is 0.559. The molecule has 0 spiro atoms. The average molecular weight is 463 g/mol. The molecule has 2 atom stereocenters. The molecule has 1 aliphatic heterocycles. The van der Waals surface area contributed by atoms with Crippen LogP contribution in [0.5, 0.6) is 0 Å². The van der Waals surface area contributed by atoms with Crippen LogP contribution in [-0.2, 0) is 29.7 Å². The number of amides is 1. The van der Waals surface area contributed by atoms with Gasteiger partial charge in [-0.05, 0) is 55.0 Å². The molecule has 7 nitrogen and oxygen atoms in total. The molecule has 180 valence electrons. The number of rotatable bonds is 8. The molecule has 0 unspecified atom stereocenters. The number of piperidine rings is 1. The summed E-state index contributed by atoms with van der Waals surface area (Å²) in [5.41, 5.74) is 3.32. The number of nitrogens with one attached hydrogen (secondary N) is 1. The summed E-state index contributed by atoms with van der Waals surface area (Å²) < 4.78 is 9.12. The van der Waals surface area contributed by atoms with Gasteiger partial charge in [-0.2, -0.15) is 0 Å². The summed E-state index contributed by atoms with van der Waals surface area (Å²) in [5.74, 6) is 0.101. The van der Waals surface area contributed by atoms with Crippen LogP contribution in [-0.4, -0.2) is 52.8 Å². The van der Waals surface area contributed by atoms with E-state index in [0.29, 0.717) is 25.7 Å². The van der Waals surface area contributed by atoms with Gasteiger partial charge in [-0.3, -0.25) is 9.59 Å². The number of benzene rings is 1. The summed E-state index contributed by atoms with van der Waals surface area (Å²) in [4.78, 5) is 28.4. The summed E-state index contributed by atoms with van der Waals surface area (Å²) in [6.45, 7) is 3.56. The maximum absolute atomic E-state index is 14.0. The van der Waals surface area contributed by atoms with E-state index >= 15 is 0 Å². The van der Waals surface area contributed by atoms with Gasteiger partial charge in [0.2, 0.25) is 5.91 Å². The zero-order valence-corrected chi connectivity index (χ0v) is 20.1. The third-order valence-corrected chi connectivity index (χ3v) is 7.37. The van der Waals surface area contributed by atoms with Crippen molar-refractivity contribution in [2.24, 2.45) is 13.0 Å². The van der Waals surface area contributed by atoms with E-state index in [4.69, 9.17) is 4.74 Å². The topological polar surface area (TPSA) is 68.5 Å². The Hall–Kier alpha value is -2.90. The van der Waals surface area contributed by atoms with Crippen molar-refractivity contribution in [1.29, 1.82) is 0 Å². The number of carbonyl (C=O) groups is 1. The summed E-state index contributed by atoms with van der Waals surface area (Å²) in [7, 11) is 3.48. The molecule has 7 heteroatoms. The Labute approximate surface area is 200 Å². The molecule has 34 heavy (non-hydrogen) atoms. The first kappa shape index (κ1) is 22.9. The van der Waals surface area contributed by atoms with Crippen molar-refractivity contribution in [1.82, 2.24) is 19.4 Å². The van der Waals surface area contributed by atoms with Gasteiger partial charge in [0.15, 0.2) is 0 Å². The zero-order chi connectivity index (χ0) is 23.7. The number of hydrogen-bond donors (Lipinski definition) is 1. The molecule has 1 saturated heterocycles. The van der Waals surface area contributed by atoms with Gasteiger partial charge in [0.05, 0.1) is 12.5 Å². The summed E-state index contributed by atoms with van der Waals surface area (Å²) in [6.07, 6.45) is 6.98. The fourth-order valence-corrected chi connectivity index (χ4v) is 5.30. The predicted molar refractivity (Wildman–Crippen MR) is 133 cm³/mol. The minimum absolute atomic E-state index is 0.0230. The Kier molecular flexibility index (Phi) is 6.57. The summed E-state index contributed by atoms with van der Waals surface area (Å²) >= 11 is 0. The van der Waals surface area contributed by atoms with Crippen LogP contribution in [0.1, 0.15) is 36.3 Å². The number of aromatic nitrogens is 2. The highest BCUT2D eigenvalue weighted by molar-refractivity contribution is 5.85. The van der Waals surface area contributed by atoms with Gasteiger partial charge in [0.25, 0.3) is 5.56 Å². The van der Waals surface area contributed by atoms with E-state index in [2.05, 4.69) is 45.2 Å². The van der Waals surface area contributed by atoms with Crippen molar-refractivity contribution in [3.63, 3.8) is 0 Å². The van der Waals surface area contributed by atoms with E-state index in [1.165, 1.54) is 16.5 Å². The normalized spacial score (nSPS) is 20.5. The second kappa shape index (κ2) is 9.76. The SMILES string of the molecule is COCCn1cc(CN(C(=O)[C@@H]2CNCC[C@H]2c2ccn(C)c(=O)c2)C2CC2)c2ccccc21. The molecule has 3 aromatic rings. The largest absolute Gasteiger partial charge is 0.383 e. The number of pyridine rings is 1. The van der Waals surface area contributed by atoms with Crippen LogP contribution in [0.3, 0.4) is 0 Å². The lowest BCUT2D eigenvalue weighted by atomic mass is 9.80. The van der Waals surface area contributed by atoms with Crippen LogP contribution < -0.4 is 10.9 Å². The van der Waals surface area contributed by atoms with Crippen LogP contribution in [0.25, 0.3) is 10.9 Å². The second-order valence-corrected chi connectivity index (χ2v) is 9.67. The van der Waals surface area contributed by atoms with Crippen LogP contribution in [0.15, 0.2) is 53.6 Å². The molecule has 1 amide bonds. The van der Waals surface area contributed by atoms with Crippen LogP contribution >= 0.6 is 0 Å². The molecule has 1 saturated carbocycles. The third kappa shape index (κ3) is 4.55. The minimum Gasteiger partial charge on any atom is -0.383 e. The Bertz CT molecular complexity index is 1230. The number of methoxy groups -OCH3 is 1. The molecule has 2 fully saturated rings. The lowest BCUT2D eigenvalue weighted by molar-refractivity contribution is -0.138. The molecule has 1 aromatic carbocycles. The number of aryl methyl sites for hydroxylation is 1. The van der Waals surface area contributed by atoms with Crippen LogP contribution in [0, 0.1) is 5.92 Å². The first-order chi connectivity index (χ1) is 16.6. The standard InChI is InChI=1S/C27H34N4O3/c1-29-12-10-19(15-26(29)32)22-9-11-28-16-24(22)27(33)31(21-7-8-21)18-20-17-30(13-14-34-2)25-6-4-3-5-23(20)25/h3-6,10,12,15,17,21-22,24,28H,7-9,11,13-14,16,18H2,1-2H3/t22-,24+/m0/s1. The molecule has 1 N–H and O–H groups in total. The van der Waals surface area contributed by atoms with Gasteiger partial charge in [-0.1, -0.05) is 18.2 Å². The van der Waals surface area contributed by atoms with Gasteiger partial charge in [-0.25, -0.2) is 0 Å². The van der Waals surface area contributed by atoms with Crippen molar-refractivity contribution in [3.8, 4) is 0 Å². The number of para-hydroxylation sites is 1. The van der Waals surface area contributed by atoms with Gasteiger partial charge >= 0.3 is 0 Å². The first-order valence-corrected chi connectivity index (χ1v) is 12.3. The maximum atomic E-state index is 14.0. The maximum Gasteiger partial charge on any atom is 0.250 e. The van der Waals surface area contributed by atoms with Gasteiger partial charge < -0.3 is 24.1 Å². The van der Waals surface area contributed by atoms with E-state index in [9.17, 15) is 9.59 Å². The molecular weight excluding hydrogens is 428 g/mol. The van der Waals surface area contributed by atoms with Crippen molar-refractivity contribution in [3.05, 3.63) is 70.3 Å². The fourth-order valence-electron chi connectivity index (χ4n) is 5.30. The lowest BCUT2D eigenvalue weighted by Gasteiger charge is -2.35. The summed E-state index contributed by atoms with van der Waals surface area (Å²) in [5, 5.41) is 4.62. The fraction of sp³-hybridized carbons (Fsp3) is 0.481. The second-order valence-electron chi connectivity index (χ2n) is 9.67. The first-order valence-electron chi connectivity index (χ1n) is 12.3. The van der Waals surface area contributed by atoms with Gasteiger partial charge in [0.1, 0.15) is 0 Å². The highest BCUT2D eigenvalue weighted by atomic mass is 16.5. The third-order valence-electron chi connectivity index (χ3n) is 7.37. The Morgan fingerprint density at radius 2 is 2.03 bits per heavy atom. The van der Waals surface area contributed by atoms with E-state index in [1.807, 2.05) is 12.3 Å². The Morgan fingerprint density at radius 3 is 2.79 bits per heavy atom. The molecular formula is C27H34N4O3. The molecule has 0 bridgehead atoms. The summed E-state index contributed by atoms with van der Waals surface area (Å²) in [6, 6.07) is 12.4. The predicted octanol–water partition coefficient (Wildman–Crippen LogP) is 2.87. The number of fused-ring (bicyclic) bond motifs is 1. The molecule has 5 rings (SSSR count). The monoisotopic (exact) mass is 462 g/mol. The van der Waals surface area contributed by atoms with E-state index < -0.39 is 0 Å². The number of ether oxygens (including phenoxy) is 1. The smallest absolute Gasteiger partial charge is 0.250 e. The van der Waals surface area contributed by atoms with Crippen molar-refractivity contribution in [2.45, 2.75) is 44.3 Å². The highest BCUT2D eigenvalue weighted by Crippen LogP contribution is 2.36. The van der Waals surface area contributed by atoms with Crippen molar-refractivity contribution in [2.75, 3.05) is 26.8 Å². The highest BCUT2D eigenvalue weighted by Gasteiger charge is 2.40. The average Bonchev–Trinajstić information content (AvgIpc) is 3.65. The number of nitrogens with zero attached hydrogens (tertiary/aromatic N) is 3. The zero-order valence-electron chi connectivity index (χ0n) is 20.1. The van der Waals surface area contributed by atoms with Crippen LogP contribution in [0.4, 0.5) is 0 Å². The van der Waals surface area contributed by atoms with E-state index in [0.717, 1.165) is 37.9 Å². The molecule has 1 aliphatic carbocycles. The van der Waals surface area contributed by atoms with Gasteiger partial charge in [-0.15, -0.1) is 0 Å². The number of carbonyl (C=O) groups excluding carboxylic acids is 1. The van der Waals surface area contributed by atoms with E-state index in [-0.39, 0.29) is 23.3 Å². The Balaban J connectivity index is 1.43. The molecule has 3 heterocycles. The van der Waals surface area contributed by atoms with Crippen molar-refractivity contribution >= 4 is 16.8 Å².